The molecule has 1 aliphatic rings. The van der Waals surface area contributed by atoms with E-state index in [0.29, 0.717) is 11.5 Å². The lowest BCUT2D eigenvalue weighted by atomic mass is 9.98. The van der Waals surface area contributed by atoms with E-state index in [2.05, 4.69) is 16.9 Å². The van der Waals surface area contributed by atoms with Crippen LogP contribution in [-0.4, -0.2) is 13.1 Å². The smallest absolute Gasteiger partial charge is 0.333 e. The average Bonchev–Trinajstić information content (AvgIpc) is 2.18. The van der Waals surface area contributed by atoms with Crippen molar-refractivity contribution in [2.45, 2.75) is 13.3 Å². The molecule has 0 aromatic rings. The van der Waals surface area contributed by atoms with Gasteiger partial charge < -0.3 is 4.74 Å². The van der Waals surface area contributed by atoms with Gasteiger partial charge in [0.25, 0.3) is 0 Å². The number of hydrogen-bond acceptors (Lipinski definition) is 2. The highest BCUT2D eigenvalue weighted by Crippen LogP contribution is 2.15. The molecule has 0 radical (unpaired) electrons. The maximum absolute atomic E-state index is 11.1. The van der Waals surface area contributed by atoms with E-state index in [9.17, 15) is 4.79 Å². The Hall–Kier alpha value is -1.31. The summed E-state index contributed by atoms with van der Waals surface area (Å²) in [7, 11) is 1.40. The molecule has 0 unspecified atom stereocenters. The quantitative estimate of drug-likeness (QED) is 0.479. The zero-order valence-electron chi connectivity index (χ0n) is 7.99. The maximum atomic E-state index is 11.1. The van der Waals surface area contributed by atoms with Gasteiger partial charge in [0.1, 0.15) is 0 Å². The zero-order chi connectivity index (χ0) is 9.68. The van der Waals surface area contributed by atoms with Crippen molar-refractivity contribution >= 4 is 5.97 Å². The van der Waals surface area contributed by atoms with E-state index in [1.165, 1.54) is 7.11 Å². The number of carbonyl (C=O) groups is 1. The minimum absolute atomic E-state index is 0.247. The van der Waals surface area contributed by atoms with Crippen LogP contribution in [0.25, 0.3) is 0 Å². The molecular weight excluding hydrogens is 164 g/mol. The van der Waals surface area contributed by atoms with Crippen molar-refractivity contribution in [3.8, 4) is 0 Å². The first kappa shape index (κ1) is 9.78. The summed E-state index contributed by atoms with van der Waals surface area (Å²) in [5.74, 6) is 0.0899. The van der Waals surface area contributed by atoms with Gasteiger partial charge in [-0.2, -0.15) is 0 Å². The first-order chi connectivity index (χ1) is 6.24. The molecule has 0 saturated heterocycles. The molecule has 1 aliphatic carbocycles. The Morgan fingerprint density at radius 2 is 2.31 bits per heavy atom. The number of rotatable bonds is 2. The molecule has 2 nitrogen and oxygen atoms in total. The van der Waals surface area contributed by atoms with Gasteiger partial charge in [0.05, 0.1) is 7.11 Å². The molecule has 0 fully saturated rings. The Morgan fingerprint density at radius 1 is 1.54 bits per heavy atom. The second-order valence-corrected chi connectivity index (χ2v) is 3.05. The van der Waals surface area contributed by atoms with Crippen LogP contribution in [0.5, 0.6) is 0 Å². The normalized spacial score (nSPS) is 21.7. The van der Waals surface area contributed by atoms with Crippen LogP contribution in [-0.2, 0) is 9.53 Å². The second-order valence-electron chi connectivity index (χ2n) is 3.05. The Kier molecular flexibility index (Phi) is 3.50. The monoisotopic (exact) mass is 178 g/mol. The summed E-state index contributed by atoms with van der Waals surface area (Å²) in [6, 6.07) is 0. The third kappa shape index (κ3) is 2.90. The van der Waals surface area contributed by atoms with Gasteiger partial charge in [0, 0.05) is 5.57 Å². The molecule has 13 heavy (non-hydrogen) atoms. The van der Waals surface area contributed by atoms with E-state index >= 15 is 0 Å². The van der Waals surface area contributed by atoms with Gasteiger partial charge in [-0.1, -0.05) is 30.4 Å². The maximum Gasteiger partial charge on any atom is 0.333 e. The molecule has 1 atom stereocenters. The van der Waals surface area contributed by atoms with E-state index < -0.39 is 0 Å². The molecule has 0 saturated carbocycles. The van der Waals surface area contributed by atoms with Crippen molar-refractivity contribution in [1.29, 1.82) is 0 Å². The van der Waals surface area contributed by atoms with E-state index in [-0.39, 0.29) is 5.97 Å². The van der Waals surface area contributed by atoms with Gasteiger partial charge in [0.2, 0.25) is 0 Å². The van der Waals surface area contributed by atoms with Crippen molar-refractivity contribution in [3.05, 3.63) is 36.0 Å². The van der Waals surface area contributed by atoms with Crippen molar-refractivity contribution in [3.63, 3.8) is 0 Å². The standard InChI is InChI=1S/C11H14O2/c1-9(11(12)13-2)8-10-6-4-3-5-7-10/h3-6,8,10H,7H2,1-2H3/b9-8-/t10-/m1/s1. The molecule has 0 aliphatic heterocycles. The molecule has 0 bridgehead atoms. The van der Waals surface area contributed by atoms with Gasteiger partial charge >= 0.3 is 5.97 Å². The van der Waals surface area contributed by atoms with Gasteiger partial charge in [0.15, 0.2) is 0 Å². The Bertz CT molecular complexity index is 272. The second kappa shape index (κ2) is 4.65. The summed E-state index contributed by atoms with van der Waals surface area (Å²) < 4.78 is 4.60. The number of hydrogen-bond donors (Lipinski definition) is 0. The van der Waals surface area contributed by atoms with E-state index in [1.807, 2.05) is 18.2 Å². The third-order valence-corrected chi connectivity index (χ3v) is 1.99. The van der Waals surface area contributed by atoms with Crippen LogP contribution >= 0.6 is 0 Å². The van der Waals surface area contributed by atoms with Crippen LogP contribution in [0.15, 0.2) is 36.0 Å². The number of allylic oxidation sites excluding steroid dienone is 5. The molecule has 0 heterocycles. The van der Waals surface area contributed by atoms with Gasteiger partial charge in [-0.3, -0.25) is 0 Å². The molecule has 70 valence electrons. The number of ether oxygens (including phenoxy) is 1. The summed E-state index contributed by atoms with van der Waals surface area (Å²) in [6.45, 7) is 1.78. The van der Waals surface area contributed by atoms with Crippen molar-refractivity contribution in [2.75, 3.05) is 7.11 Å². The van der Waals surface area contributed by atoms with Crippen LogP contribution in [0.4, 0.5) is 0 Å². The van der Waals surface area contributed by atoms with Gasteiger partial charge in [-0.05, 0) is 19.3 Å². The first-order valence-corrected chi connectivity index (χ1v) is 4.34. The molecule has 0 amide bonds. The Balaban J connectivity index is 2.59. The molecule has 1 rings (SSSR count). The van der Waals surface area contributed by atoms with E-state index in [4.69, 9.17) is 0 Å². The first-order valence-electron chi connectivity index (χ1n) is 4.34. The minimum Gasteiger partial charge on any atom is -0.466 e. The topological polar surface area (TPSA) is 26.3 Å². The lowest BCUT2D eigenvalue weighted by Gasteiger charge is -2.08. The summed E-state index contributed by atoms with van der Waals surface area (Å²) >= 11 is 0. The highest BCUT2D eigenvalue weighted by molar-refractivity contribution is 5.87. The summed E-state index contributed by atoms with van der Waals surface area (Å²) in [5, 5.41) is 0. The lowest BCUT2D eigenvalue weighted by molar-refractivity contribution is -0.136. The minimum atomic E-state index is -0.247. The predicted octanol–water partition coefficient (Wildman–Crippen LogP) is 2.24. The predicted molar refractivity (Wildman–Crippen MR) is 52.2 cm³/mol. The molecule has 2 heteroatoms. The van der Waals surface area contributed by atoms with E-state index in [1.54, 1.807) is 6.92 Å². The molecule has 0 N–H and O–H groups in total. The van der Waals surface area contributed by atoms with Crippen molar-refractivity contribution in [2.24, 2.45) is 5.92 Å². The fourth-order valence-electron chi connectivity index (χ4n) is 1.27. The lowest BCUT2D eigenvalue weighted by Crippen LogP contribution is -2.04. The molecule has 0 spiro atoms. The average molecular weight is 178 g/mol. The summed E-state index contributed by atoms with van der Waals surface area (Å²) in [4.78, 5) is 11.1. The van der Waals surface area contributed by atoms with Crippen LogP contribution in [0.3, 0.4) is 0 Å². The fourth-order valence-corrected chi connectivity index (χ4v) is 1.27. The van der Waals surface area contributed by atoms with Crippen LogP contribution in [0.2, 0.25) is 0 Å². The summed E-state index contributed by atoms with van der Waals surface area (Å²) in [6.07, 6.45) is 11.1. The zero-order valence-corrected chi connectivity index (χ0v) is 7.99. The highest BCUT2D eigenvalue weighted by Gasteiger charge is 2.07. The fraction of sp³-hybridized carbons (Fsp3) is 0.364. The van der Waals surface area contributed by atoms with Crippen molar-refractivity contribution in [1.82, 2.24) is 0 Å². The van der Waals surface area contributed by atoms with E-state index in [0.717, 1.165) is 6.42 Å². The number of carbonyl (C=O) groups excluding carboxylic acids is 1. The molecule has 0 aromatic heterocycles. The Labute approximate surface area is 78.6 Å². The summed E-state index contributed by atoms with van der Waals surface area (Å²) in [5.41, 5.74) is 0.674. The van der Waals surface area contributed by atoms with Crippen LogP contribution in [0.1, 0.15) is 13.3 Å². The van der Waals surface area contributed by atoms with Gasteiger partial charge in [-0.25, -0.2) is 4.79 Å². The molecular formula is C11H14O2. The van der Waals surface area contributed by atoms with Crippen LogP contribution in [0, 0.1) is 5.92 Å². The largest absolute Gasteiger partial charge is 0.466 e. The highest BCUT2D eigenvalue weighted by atomic mass is 16.5. The van der Waals surface area contributed by atoms with Crippen LogP contribution < -0.4 is 0 Å². The Morgan fingerprint density at radius 3 is 2.85 bits per heavy atom. The number of methoxy groups -OCH3 is 1. The number of esters is 1. The third-order valence-electron chi connectivity index (χ3n) is 1.99. The van der Waals surface area contributed by atoms with Crippen molar-refractivity contribution < 1.29 is 9.53 Å². The van der Waals surface area contributed by atoms with Gasteiger partial charge in [-0.15, -0.1) is 0 Å². The SMILES string of the molecule is COC(=O)/C(C)=C\[C@@H]1C=CC=CC1. The molecule has 0 aromatic carbocycles.